The van der Waals surface area contributed by atoms with Crippen LogP contribution in [-0.2, 0) is 13.5 Å². The Balaban J connectivity index is 2.09. The maximum absolute atomic E-state index is 12.0. The molecule has 94 valence electrons. The number of benzene rings is 1. The lowest BCUT2D eigenvalue weighted by molar-refractivity contribution is 0.0992. The molecule has 0 radical (unpaired) electrons. The summed E-state index contributed by atoms with van der Waals surface area (Å²) >= 11 is 0. The van der Waals surface area contributed by atoms with Gasteiger partial charge in [-0.15, -0.1) is 5.10 Å². The third-order valence-electron chi connectivity index (χ3n) is 2.89. The van der Waals surface area contributed by atoms with Crippen molar-refractivity contribution in [1.29, 1.82) is 0 Å². The number of rotatable bonds is 4. The zero-order chi connectivity index (χ0) is 13.1. The lowest BCUT2D eigenvalue weighted by Crippen LogP contribution is -2.04. The molecule has 0 aliphatic carbocycles. The highest BCUT2D eigenvalue weighted by atomic mass is 16.1. The minimum absolute atomic E-state index is 0.0748. The Morgan fingerprint density at radius 1 is 1.28 bits per heavy atom. The van der Waals surface area contributed by atoms with E-state index < -0.39 is 0 Å². The number of aryl methyl sites for hydroxylation is 1. The monoisotopic (exact) mass is 243 g/mol. The van der Waals surface area contributed by atoms with E-state index in [0.717, 1.165) is 5.56 Å². The largest absolute Gasteiger partial charge is 0.294 e. The number of carbonyl (C=O) groups excluding carboxylic acids is 1. The number of aromatic nitrogens is 3. The summed E-state index contributed by atoms with van der Waals surface area (Å²) in [5, 5.41) is 7.73. The van der Waals surface area contributed by atoms with Crippen LogP contribution in [0.2, 0.25) is 0 Å². The van der Waals surface area contributed by atoms with E-state index in [1.165, 1.54) is 5.56 Å². The maximum atomic E-state index is 12.0. The Bertz CT molecular complexity index is 540. The van der Waals surface area contributed by atoms with Gasteiger partial charge in [0.1, 0.15) is 0 Å². The molecule has 0 saturated carbocycles. The van der Waals surface area contributed by atoms with Crippen LogP contribution in [0.15, 0.2) is 30.5 Å². The van der Waals surface area contributed by atoms with E-state index in [-0.39, 0.29) is 5.78 Å². The molecular formula is C14H17N3O. The zero-order valence-electron chi connectivity index (χ0n) is 10.9. The quantitative estimate of drug-likeness (QED) is 0.774. The van der Waals surface area contributed by atoms with Crippen molar-refractivity contribution in [2.75, 3.05) is 0 Å². The molecule has 18 heavy (non-hydrogen) atoms. The van der Waals surface area contributed by atoms with Crippen LogP contribution in [0, 0.1) is 0 Å². The van der Waals surface area contributed by atoms with Crippen LogP contribution in [0.1, 0.15) is 41.4 Å². The van der Waals surface area contributed by atoms with E-state index in [1.807, 2.05) is 24.3 Å². The van der Waals surface area contributed by atoms with E-state index >= 15 is 0 Å². The summed E-state index contributed by atoms with van der Waals surface area (Å²) < 4.78 is 1.60. The molecule has 0 N–H and O–H groups in total. The topological polar surface area (TPSA) is 47.8 Å². The second kappa shape index (κ2) is 5.12. The summed E-state index contributed by atoms with van der Waals surface area (Å²) in [6, 6.07) is 7.78. The van der Waals surface area contributed by atoms with Gasteiger partial charge in [-0.1, -0.05) is 43.3 Å². The molecule has 1 aromatic heterocycles. The van der Waals surface area contributed by atoms with E-state index in [9.17, 15) is 4.79 Å². The lowest BCUT2D eigenvalue weighted by atomic mass is 9.99. The second-order valence-corrected chi connectivity index (χ2v) is 4.76. The molecule has 2 aromatic rings. The van der Waals surface area contributed by atoms with Crippen LogP contribution in [0.5, 0.6) is 0 Å². The SMILES string of the molecule is CC(C)c1ccc(C(=O)Cc2cn(C)nn2)cc1. The van der Waals surface area contributed by atoms with Crippen LogP contribution in [0.4, 0.5) is 0 Å². The molecule has 1 heterocycles. The molecule has 0 unspecified atom stereocenters. The highest BCUT2D eigenvalue weighted by Crippen LogP contribution is 2.15. The summed E-state index contributed by atoms with van der Waals surface area (Å²) in [4.78, 5) is 12.0. The van der Waals surface area contributed by atoms with Crippen molar-refractivity contribution >= 4 is 5.78 Å². The molecule has 0 spiro atoms. The first kappa shape index (κ1) is 12.5. The predicted octanol–water partition coefficient (Wildman–Crippen LogP) is 2.36. The number of hydrogen-bond donors (Lipinski definition) is 0. The molecule has 2 rings (SSSR count). The normalized spacial score (nSPS) is 10.9. The van der Waals surface area contributed by atoms with Crippen LogP contribution in [0.3, 0.4) is 0 Å². The number of nitrogens with zero attached hydrogens (tertiary/aromatic N) is 3. The van der Waals surface area contributed by atoms with Gasteiger partial charge in [0.25, 0.3) is 0 Å². The molecule has 1 aromatic carbocycles. The first-order valence-electron chi connectivity index (χ1n) is 6.04. The molecule has 0 aliphatic rings. The Morgan fingerprint density at radius 3 is 2.44 bits per heavy atom. The number of carbonyl (C=O) groups is 1. The summed E-state index contributed by atoms with van der Waals surface area (Å²) in [6.45, 7) is 4.27. The third kappa shape index (κ3) is 2.83. The van der Waals surface area contributed by atoms with Crippen LogP contribution >= 0.6 is 0 Å². The van der Waals surface area contributed by atoms with Gasteiger partial charge in [0.15, 0.2) is 5.78 Å². The van der Waals surface area contributed by atoms with E-state index in [4.69, 9.17) is 0 Å². The molecule has 4 nitrogen and oxygen atoms in total. The predicted molar refractivity (Wildman–Crippen MR) is 69.6 cm³/mol. The van der Waals surface area contributed by atoms with Gasteiger partial charge in [-0.25, -0.2) is 0 Å². The average Bonchev–Trinajstić information content (AvgIpc) is 2.75. The van der Waals surface area contributed by atoms with Crippen molar-refractivity contribution in [2.45, 2.75) is 26.2 Å². The second-order valence-electron chi connectivity index (χ2n) is 4.76. The van der Waals surface area contributed by atoms with Crippen molar-refractivity contribution < 1.29 is 4.79 Å². The van der Waals surface area contributed by atoms with Gasteiger partial charge in [0, 0.05) is 18.8 Å². The molecule has 0 amide bonds. The standard InChI is InChI=1S/C14H17N3O/c1-10(2)11-4-6-12(7-5-11)14(18)8-13-9-17(3)16-15-13/h4-7,9-10H,8H2,1-3H3. The summed E-state index contributed by atoms with van der Waals surface area (Å²) in [5.41, 5.74) is 2.67. The minimum atomic E-state index is 0.0748. The first-order chi connectivity index (χ1) is 8.56. The van der Waals surface area contributed by atoms with E-state index in [2.05, 4.69) is 24.2 Å². The molecule has 0 fully saturated rings. The Kier molecular flexibility index (Phi) is 3.55. The van der Waals surface area contributed by atoms with Gasteiger partial charge in [-0.3, -0.25) is 9.48 Å². The average molecular weight is 243 g/mol. The summed E-state index contributed by atoms with van der Waals surface area (Å²) in [5.74, 6) is 0.556. The van der Waals surface area contributed by atoms with Crippen LogP contribution in [0.25, 0.3) is 0 Å². The van der Waals surface area contributed by atoms with Crippen molar-refractivity contribution in [3.05, 3.63) is 47.3 Å². The molecule has 0 aliphatic heterocycles. The van der Waals surface area contributed by atoms with Gasteiger partial charge in [-0.05, 0) is 11.5 Å². The summed E-state index contributed by atoms with van der Waals surface area (Å²) in [7, 11) is 1.79. The first-order valence-corrected chi connectivity index (χ1v) is 6.04. The number of ketones is 1. The van der Waals surface area contributed by atoms with Gasteiger partial charge in [0.2, 0.25) is 0 Å². The van der Waals surface area contributed by atoms with Gasteiger partial charge in [0.05, 0.1) is 12.1 Å². The molecular weight excluding hydrogens is 226 g/mol. The highest BCUT2D eigenvalue weighted by molar-refractivity contribution is 5.97. The molecule has 0 atom stereocenters. The fraction of sp³-hybridized carbons (Fsp3) is 0.357. The van der Waals surface area contributed by atoms with Gasteiger partial charge in [-0.2, -0.15) is 0 Å². The molecule has 0 bridgehead atoms. The minimum Gasteiger partial charge on any atom is -0.294 e. The van der Waals surface area contributed by atoms with Crippen molar-refractivity contribution in [2.24, 2.45) is 7.05 Å². The number of Topliss-reactive ketones (excluding diaryl/α,β-unsaturated/α-hetero) is 1. The maximum Gasteiger partial charge on any atom is 0.168 e. The van der Waals surface area contributed by atoms with E-state index in [0.29, 0.717) is 18.0 Å². The Labute approximate surface area is 107 Å². The van der Waals surface area contributed by atoms with Crippen molar-refractivity contribution in [3.8, 4) is 0 Å². The van der Waals surface area contributed by atoms with Crippen LogP contribution in [-0.4, -0.2) is 20.8 Å². The molecule has 0 saturated heterocycles. The van der Waals surface area contributed by atoms with E-state index in [1.54, 1.807) is 17.9 Å². The zero-order valence-corrected chi connectivity index (χ0v) is 10.9. The number of hydrogen-bond acceptors (Lipinski definition) is 3. The van der Waals surface area contributed by atoms with Crippen molar-refractivity contribution in [1.82, 2.24) is 15.0 Å². The third-order valence-corrected chi connectivity index (χ3v) is 2.89. The molecule has 4 heteroatoms. The Hall–Kier alpha value is -1.97. The Morgan fingerprint density at radius 2 is 1.94 bits per heavy atom. The highest BCUT2D eigenvalue weighted by Gasteiger charge is 2.10. The van der Waals surface area contributed by atoms with Gasteiger partial charge < -0.3 is 0 Å². The lowest BCUT2D eigenvalue weighted by Gasteiger charge is -2.05. The van der Waals surface area contributed by atoms with Crippen LogP contribution < -0.4 is 0 Å². The fourth-order valence-corrected chi connectivity index (χ4v) is 1.80. The fourth-order valence-electron chi connectivity index (χ4n) is 1.80. The van der Waals surface area contributed by atoms with Gasteiger partial charge >= 0.3 is 0 Å². The smallest absolute Gasteiger partial charge is 0.168 e. The summed E-state index contributed by atoms with van der Waals surface area (Å²) in [6.07, 6.45) is 2.06. The van der Waals surface area contributed by atoms with Crippen molar-refractivity contribution in [3.63, 3.8) is 0 Å².